The van der Waals surface area contributed by atoms with Gasteiger partial charge in [0.15, 0.2) is 16.7 Å². The maximum atomic E-state index is 13.1. The Kier molecular flexibility index (Phi) is 12.3. The third-order valence-electron chi connectivity index (χ3n) is 5.88. The Balaban J connectivity index is 0.00000441. The first kappa shape index (κ1) is 31.9. The van der Waals surface area contributed by atoms with Gasteiger partial charge in [-0.05, 0) is 40.5 Å². The quantitative estimate of drug-likeness (QED) is 0.148. The Labute approximate surface area is 279 Å². The van der Waals surface area contributed by atoms with Crippen LogP contribution in [0.1, 0.15) is 55.5 Å². The molecular formula is C27H30ClKN6O5. The summed E-state index contributed by atoms with van der Waals surface area (Å²) in [6.45, 7) is 5.62. The molecule has 1 N–H and O–H groups in total. The molecule has 11 nitrogen and oxygen atoms in total. The van der Waals surface area contributed by atoms with Crippen LogP contribution < -0.4 is 0 Å². The second-order valence-electron chi connectivity index (χ2n) is 8.62. The van der Waals surface area contributed by atoms with Crippen molar-refractivity contribution in [3.63, 3.8) is 0 Å². The number of aryl methyl sites for hydroxylation is 1. The van der Waals surface area contributed by atoms with Gasteiger partial charge in [-0.3, -0.25) is 0 Å². The molecule has 0 saturated carbocycles. The normalized spacial score (nSPS) is 11.4. The zero-order valence-electron chi connectivity index (χ0n) is 21.9. The fourth-order valence-corrected chi connectivity index (χ4v) is 4.34. The molecule has 206 valence electrons. The Morgan fingerprint density at radius 1 is 1.05 bits per heavy atom. The number of aromatic amines is 1. The molecule has 0 fully saturated rings. The van der Waals surface area contributed by atoms with Gasteiger partial charge in [-0.25, -0.2) is 19.7 Å². The van der Waals surface area contributed by atoms with E-state index in [1.54, 1.807) is 11.5 Å². The first-order chi connectivity index (χ1) is 18.9. The van der Waals surface area contributed by atoms with Crippen molar-refractivity contribution >= 4 is 75.1 Å². The Hall–Kier alpha value is -2.61. The number of hydrogen-bond acceptors (Lipinski definition) is 9. The van der Waals surface area contributed by atoms with Crippen LogP contribution in [0.3, 0.4) is 0 Å². The van der Waals surface area contributed by atoms with E-state index in [2.05, 4.69) is 32.5 Å². The van der Waals surface area contributed by atoms with Gasteiger partial charge in [-0.2, -0.15) is 0 Å². The van der Waals surface area contributed by atoms with Crippen LogP contribution in [0.2, 0.25) is 5.15 Å². The standard InChI is InChI=1S/C27H29ClN6O5.K.H/c1-4-6-11-22-29-24(28)23(26(35)38-17(3)39-27(36)37-5-2)34(22)16-18-12-14-19(15-13-18)20-9-7-8-10-21(20)25-30-32-33-31-25;;/h7-10,12-15,17H,4-6,11,16H2,1-3H3,(H,30,31,32,33);;. The van der Waals surface area contributed by atoms with E-state index in [0.717, 1.165) is 35.1 Å². The number of nitrogens with one attached hydrogen (secondary N) is 1. The van der Waals surface area contributed by atoms with Crippen LogP contribution in [0, 0.1) is 0 Å². The molecule has 0 aliphatic heterocycles. The van der Waals surface area contributed by atoms with Crippen LogP contribution in [0.25, 0.3) is 22.5 Å². The molecule has 4 rings (SSSR count). The molecule has 40 heavy (non-hydrogen) atoms. The van der Waals surface area contributed by atoms with Crippen molar-refractivity contribution in [1.82, 2.24) is 30.2 Å². The summed E-state index contributed by atoms with van der Waals surface area (Å²) < 4.78 is 16.8. The fourth-order valence-electron chi connectivity index (χ4n) is 4.06. The molecule has 0 saturated heterocycles. The van der Waals surface area contributed by atoms with E-state index in [4.69, 9.17) is 25.8 Å². The molecule has 0 aliphatic carbocycles. The monoisotopic (exact) mass is 592 g/mol. The van der Waals surface area contributed by atoms with Crippen molar-refractivity contribution in [1.29, 1.82) is 0 Å². The number of unbranched alkanes of at least 4 members (excludes halogenated alkanes) is 1. The molecule has 1 atom stereocenters. The average Bonchev–Trinajstić information content (AvgIpc) is 3.56. The minimum atomic E-state index is -1.17. The van der Waals surface area contributed by atoms with Crippen LogP contribution in [0.4, 0.5) is 4.79 Å². The number of imidazole rings is 1. The molecule has 4 aromatic rings. The summed E-state index contributed by atoms with van der Waals surface area (Å²) in [7, 11) is 0. The topological polar surface area (TPSA) is 134 Å². The summed E-state index contributed by atoms with van der Waals surface area (Å²) in [6.07, 6.45) is 0.353. The molecule has 2 aromatic heterocycles. The molecule has 0 spiro atoms. The summed E-state index contributed by atoms with van der Waals surface area (Å²) >= 11 is 6.42. The van der Waals surface area contributed by atoms with E-state index >= 15 is 0 Å². The van der Waals surface area contributed by atoms with Gasteiger partial charge in [0, 0.05) is 25.5 Å². The van der Waals surface area contributed by atoms with E-state index in [1.165, 1.54) is 6.92 Å². The molecule has 2 heterocycles. The summed E-state index contributed by atoms with van der Waals surface area (Å²) in [5, 5.41) is 14.2. The number of carbonyl (C=O) groups excluding carboxylic acids is 2. The van der Waals surface area contributed by atoms with Gasteiger partial charge < -0.3 is 18.8 Å². The van der Waals surface area contributed by atoms with Crippen molar-refractivity contribution in [3.8, 4) is 22.5 Å². The van der Waals surface area contributed by atoms with Gasteiger partial charge in [0.05, 0.1) is 6.61 Å². The zero-order valence-corrected chi connectivity index (χ0v) is 22.6. The summed E-state index contributed by atoms with van der Waals surface area (Å²) in [4.78, 5) is 29.1. The predicted octanol–water partition coefficient (Wildman–Crippen LogP) is 4.80. The Morgan fingerprint density at radius 3 is 2.42 bits per heavy atom. The first-order valence-electron chi connectivity index (χ1n) is 12.6. The van der Waals surface area contributed by atoms with Crippen LogP contribution in [0.5, 0.6) is 0 Å². The average molecular weight is 593 g/mol. The number of hydrogen-bond donors (Lipinski definition) is 1. The number of ether oxygens (including phenoxy) is 3. The van der Waals surface area contributed by atoms with E-state index < -0.39 is 18.4 Å². The predicted molar refractivity (Wildman–Crippen MR) is 150 cm³/mol. The van der Waals surface area contributed by atoms with Gasteiger partial charge in [0.1, 0.15) is 5.82 Å². The molecule has 0 amide bonds. The third-order valence-corrected chi connectivity index (χ3v) is 6.15. The van der Waals surface area contributed by atoms with Crippen molar-refractivity contribution < 1.29 is 23.8 Å². The number of carbonyl (C=O) groups is 2. The molecule has 0 radical (unpaired) electrons. The molecule has 2 aromatic carbocycles. The maximum absolute atomic E-state index is 13.1. The number of esters is 1. The van der Waals surface area contributed by atoms with Crippen molar-refractivity contribution in [3.05, 3.63) is 70.8 Å². The second-order valence-corrected chi connectivity index (χ2v) is 8.98. The van der Waals surface area contributed by atoms with Crippen LogP contribution in [-0.4, -0.2) is 107 Å². The van der Waals surface area contributed by atoms with Crippen LogP contribution in [-0.2, 0) is 27.2 Å². The van der Waals surface area contributed by atoms with E-state index in [9.17, 15) is 9.59 Å². The molecule has 0 bridgehead atoms. The minimum absolute atomic E-state index is 0. The Bertz CT molecular complexity index is 1410. The Morgan fingerprint density at radius 2 is 1.77 bits per heavy atom. The summed E-state index contributed by atoms with van der Waals surface area (Å²) in [5.41, 5.74) is 3.84. The molecule has 1 unspecified atom stereocenters. The van der Waals surface area contributed by atoms with Crippen LogP contribution in [0.15, 0.2) is 48.5 Å². The van der Waals surface area contributed by atoms with Gasteiger partial charge in [0.25, 0.3) is 0 Å². The van der Waals surface area contributed by atoms with Crippen molar-refractivity contribution in [2.75, 3.05) is 6.61 Å². The number of nitrogens with zero attached hydrogens (tertiary/aromatic N) is 5. The SMILES string of the molecule is CCCCc1nc(Cl)c(C(=O)OC(C)OC(=O)OCC)n1Cc1ccc(-c2ccccc2-c2nnn[nH]2)cc1.[KH]. The summed E-state index contributed by atoms with van der Waals surface area (Å²) in [6, 6.07) is 15.8. The van der Waals surface area contributed by atoms with Gasteiger partial charge in [-0.15, -0.1) is 5.10 Å². The number of H-pyrrole nitrogens is 1. The zero-order chi connectivity index (χ0) is 27.8. The van der Waals surface area contributed by atoms with Gasteiger partial charge >= 0.3 is 63.5 Å². The van der Waals surface area contributed by atoms with Crippen molar-refractivity contribution in [2.24, 2.45) is 0 Å². The fraction of sp³-hybridized carbons (Fsp3) is 0.333. The van der Waals surface area contributed by atoms with Gasteiger partial charge in [-0.1, -0.05) is 73.5 Å². The van der Waals surface area contributed by atoms with Crippen molar-refractivity contribution in [2.45, 2.75) is 52.9 Å². The third kappa shape index (κ3) is 7.99. The van der Waals surface area contributed by atoms with E-state index in [1.807, 2.05) is 48.5 Å². The molecular weight excluding hydrogens is 563 g/mol. The first-order valence-corrected chi connectivity index (χ1v) is 13.0. The van der Waals surface area contributed by atoms with Crippen LogP contribution >= 0.6 is 11.6 Å². The number of tetrazole rings is 1. The molecule has 0 aliphatic rings. The molecule has 13 heteroatoms. The van der Waals surface area contributed by atoms with E-state index in [-0.39, 0.29) is 68.8 Å². The number of aromatic nitrogens is 6. The summed E-state index contributed by atoms with van der Waals surface area (Å²) in [5.74, 6) is 0.492. The number of rotatable bonds is 11. The number of benzene rings is 2. The second kappa shape index (κ2) is 15.4. The van der Waals surface area contributed by atoms with Gasteiger partial charge in [0.2, 0.25) is 6.29 Å². The van der Waals surface area contributed by atoms with E-state index in [0.29, 0.717) is 24.6 Å². The number of halogens is 1.